The molecule has 34 unspecified atom stereocenters. The first-order valence-corrected chi connectivity index (χ1v) is 31.6. The van der Waals surface area contributed by atoms with Crippen molar-refractivity contribution in [2.45, 2.75) is 319 Å². The molecule has 17 saturated heterocycles. The topological polar surface area (TPSA) is 246 Å². The summed E-state index contributed by atoms with van der Waals surface area (Å²) >= 11 is 0. The molecule has 0 aromatic rings. The molecule has 3 spiro atoms. The second kappa shape index (κ2) is 20.1. The lowest BCUT2D eigenvalue weighted by Crippen LogP contribution is -2.63. The van der Waals surface area contributed by atoms with Gasteiger partial charge in [-0.15, -0.1) is 0 Å². The number of ether oxygens (including phenoxy) is 16. The molecule has 17 heterocycles. The fraction of sp³-hybridized carbons (Fsp3) is 0.918. The van der Waals surface area contributed by atoms with Crippen molar-refractivity contribution in [3.05, 3.63) is 24.3 Å². The molecule has 0 amide bonds. The first kappa shape index (κ1) is 55.5. The second-order valence-electron chi connectivity index (χ2n) is 28.4. The van der Waals surface area contributed by atoms with Crippen LogP contribution in [-0.2, 0) is 80.6 Å². The number of aliphatic hydroxyl groups is 4. The summed E-state index contributed by atoms with van der Waals surface area (Å²) in [5, 5.41) is 43.8. The van der Waals surface area contributed by atoms with Gasteiger partial charge < -0.3 is 96.2 Å². The summed E-state index contributed by atoms with van der Waals surface area (Å²) in [5.74, 6) is -5.68. The van der Waals surface area contributed by atoms with Crippen LogP contribution in [0.1, 0.15) is 137 Å². The quantitative estimate of drug-likeness (QED) is 0.228. The third kappa shape index (κ3) is 8.87. The van der Waals surface area contributed by atoms with Gasteiger partial charge in [-0.3, -0.25) is 4.79 Å². The standard InChI is InChI=1S/C61H86O21/c1-25-13-31-7-9-35-26(2)14-33(67-35)11-12-60-57(65)61(66)56(82-60)55-54(81-61)53(80-60)52-36(72-55)10-8-32(69-52)15-47(64)75-51-30(6)50-43(71-42(51)16-37(68-31)29(25)5)19-41-45(74-50)22-59(76-41)23-46-49(79-59)28(4)21-58(78-46)20-27(3)48-44(77-58)18-39-40(73-48)17-38(70-39)34(63)24-62/h25,27-28,30-46,48-57,62-63,65-66H,2,5,7-24H2,1,3-4,6H3. The van der Waals surface area contributed by atoms with E-state index in [0.29, 0.717) is 83.5 Å². The van der Waals surface area contributed by atoms with Gasteiger partial charge in [-0.05, 0) is 73.8 Å². The van der Waals surface area contributed by atoms with Gasteiger partial charge in [-0.2, -0.15) is 0 Å². The molecule has 21 heteroatoms. The largest absolute Gasteiger partial charge is 0.459 e. The molecular formula is C61H86O21. The molecule has 4 N–H and O–H groups in total. The van der Waals surface area contributed by atoms with Gasteiger partial charge in [0.05, 0.1) is 123 Å². The van der Waals surface area contributed by atoms with Crippen molar-refractivity contribution in [3.63, 3.8) is 0 Å². The minimum absolute atomic E-state index is 0.0316. The van der Waals surface area contributed by atoms with Crippen LogP contribution < -0.4 is 0 Å². The zero-order valence-electron chi connectivity index (χ0n) is 47.7. The third-order valence-corrected chi connectivity index (χ3v) is 22.9. The molecule has 17 rings (SSSR count). The van der Waals surface area contributed by atoms with E-state index in [4.69, 9.17) is 75.8 Å². The molecular weight excluding hydrogens is 1070 g/mol. The van der Waals surface area contributed by atoms with Crippen molar-refractivity contribution in [2.75, 3.05) is 6.61 Å². The number of rotatable bonds is 2. The summed E-state index contributed by atoms with van der Waals surface area (Å²) in [7, 11) is 0. The number of esters is 1. The lowest BCUT2D eigenvalue weighted by atomic mass is 9.78. The van der Waals surface area contributed by atoms with Gasteiger partial charge in [0.25, 0.3) is 0 Å². The van der Waals surface area contributed by atoms with Gasteiger partial charge in [0.2, 0.25) is 11.6 Å². The second-order valence-corrected chi connectivity index (χ2v) is 28.4. The van der Waals surface area contributed by atoms with Gasteiger partial charge in [-0.1, -0.05) is 40.9 Å². The van der Waals surface area contributed by atoms with E-state index in [-0.39, 0.29) is 122 Å². The highest BCUT2D eigenvalue weighted by Gasteiger charge is 2.79. The molecule has 82 heavy (non-hydrogen) atoms. The van der Waals surface area contributed by atoms with Crippen molar-refractivity contribution in [1.82, 2.24) is 0 Å². The Morgan fingerprint density at radius 2 is 1.22 bits per heavy atom. The molecule has 0 aromatic heterocycles. The van der Waals surface area contributed by atoms with Gasteiger partial charge >= 0.3 is 5.97 Å². The summed E-state index contributed by atoms with van der Waals surface area (Å²) in [6.07, 6.45) is -3.21. The summed E-state index contributed by atoms with van der Waals surface area (Å²) in [5.41, 5.74) is 2.01. The molecule has 17 aliphatic heterocycles. The van der Waals surface area contributed by atoms with Crippen LogP contribution in [0.15, 0.2) is 24.3 Å². The predicted molar refractivity (Wildman–Crippen MR) is 279 cm³/mol. The number of carbonyl (C=O) groups is 1. The van der Waals surface area contributed by atoms with Crippen molar-refractivity contribution in [1.29, 1.82) is 0 Å². The fourth-order valence-electron chi connectivity index (χ4n) is 18.9. The van der Waals surface area contributed by atoms with Crippen molar-refractivity contribution in [2.24, 2.45) is 23.7 Å². The molecule has 456 valence electrons. The molecule has 17 aliphatic rings. The summed E-state index contributed by atoms with van der Waals surface area (Å²) in [4.78, 5) is 14.6. The molecule has 12 bridgehead atoms. The maximum atomic E-state index is 14.6. The van der Waals surface area contributed by atoms with E-state index in [1.165, 1.54) is 0 Å². The Kier molecular flexibility index (Phi) is 13.6. The van der Waals surface area contributed by atoms with E-state index < -0.39 is 108 Å². The van der Waals surface area contributed by atoms with Crippen molar-refractivity contribution < 1.29 is 101 Å². The van der Waals surface area contributed by atoms with E-state index in [1.807, 2.05) is 0 Å². The van der Waals surface area contributed by atoms with Crippen LogP contribution in [0.4, 0.5) is 0 Å². The lowest BCUT2D eigenvalue weighted by molar-refractivity contribution is -0.369. The number of hydrogen-bond donors (Lipinski definition) is 4. The van der Waals surface area contributed by atoms with Crippen LogP contribution in [0.25, 0.3) is 0 Å². The first-order valence-electron chi connectivity index (χ1n) is 31.6. The smallest absolute Gasteiger partial charge is 0.308 e. The molecule has 0 radical (unpaired) electrons. The fourth-order valence-corrected chi connectivity index (χ4v) is 18.9. The SMILES string of the molecule is C=C1CC2CCC34OC5C6OC(CCC6OC6C5OC(O)(C6O3)C4O)CC(=O)OC3C(CC4OC(CCC1O2)CC(C)C4=C)OC1CC2OC4(CC2OC1C3C)CC1OC2(CC(C)C3OC5CC(C(O)CO)OC5CC3O2)CC(C)C1O4. The van der Waals surface area contributed by atoms with Crippen molar-refractivity contribution in [3.8, 4) is 0 Å². The Balaban J connectivity index is 0.633. The van der Waals surface area contributed by atoms with E-state index in [2.05, 4.69) is 40.9 Å². The maximum absolute atomic E-state index is 14.6. The van der Waals surface area contributed by atoms with Crippen LogP contribution in [0.3, 0.4) is 0 Å². The molecule has 17 fully saturated rings. The van der Waals surface area contributed by atoms with E-state index >= 15 is 0 Å². The van der Waals surface area contributed by atoms with E-state index in [1.54, 1.807) is 0 Å². The Labute approximate surface area is 478 Å². The summed E-state index contributed by atoms with van der Waals surface area (Å²) in [6, 6.07) is 0. The monoisotopic (exact) mass is 1150 g/mol. The van der Waals surface area contributed by atoms with Crippen molar-refractivity contribution >= 4 is 5.97 Å². The Bertz CT molecular complexity index is 2500. The van der Waals surface area contributed by atoms with Gasteiger partial charge in [0, 0.05) is 63.7 Å². The highest BCUT2D eigenvalue weighted by atomic mass is 16.8. The molecule has 21 nitrogen and oxygen atoms in total. The van der Waals surface area contributed by atoms with Crippen LogP contribution in [-0.4, -0.2) is 215 Å². The Morgan fingerprint density at radius 3 is 2.06 bits per heavy atom. The average Bonchev–Trinajstić information content (AvgIpc) is 3.69. The highest BCUT2D eigenvalue weighted by molar-refractivity contribution is 5.70. The van der Waals surface area contributed by atoms with Gasteiger partial charge in [-0.25, -0.2) is 0 Å². The minimum atomic E-state index is -2.03. The zero-order chi connectivity index (χ0) is 56.1. The van der Waals surface area contributed by atoms with Gasteiger partial charge in [0.15, 0.2) is 17.7 Å². The van der Waals surface area contributed by atoms with Crippen LogP contribution >= 0.6 is 0 Å². The molecule has 0 aromatic carbocycles. The average molecular weight is 1160 g/mol. The Hall–Kier alpha value is -1.81. The number of aliphatic hydroxyl groups excluding tert-OH is 3. The summed E-state index contributed by atoms with van der Waals surface area (Å²) in [6.45, 7) is 17.4. The van der Waals surface area contributed by atoms with Crippen LogP contribution in [0, 0.1) is 23.7 Å². The number of hydrogen-bond acceptors (Lipinski definition) is 21. The minimum Gasteiger partial charge on any atom is -0.459 e. The first-order chi connectivity index (χ1) is 39.3. The molecule has 0 saturated carbocycles. The predicted octanol–water partition coefficient (Wildman–Crippen LogP) is 3.62. The lowest BCUT2D eigenvalue weighted by Gasteiger charge is -2.54. The van der Waals surface area contributed by atoms with E-state index in [9.17, 15) is 25.2 Å². The number of fused-ring (bicyclic) bond motifs is 11. The zero-order valence-corrected chi connectivity index (χ0v) is 47.7. The Morgan fingerprint density at radius 1 is 0.537 bits per heavy atom. The summed E-state index contributed by atoms with van der Waals surface area (Å²) < 4.78 is 109. The van der Waals surface area contributed by atoms with Crippen LogP contribution in [0.2, 0.25) is 0 Å². The normalized spacial score (nSPS) is 59.6. The molecule has 0 aliphatic carbocycles. The highest BCUT2D eigenvalue weighted by Crippen LogP contribution is 2.60. The van der Waals surface area contributed by atoms with E-state index in [0.717, 1.165) is 24.0 Å². The van der Waals surface area contributed by atoms with Crippen LogP contribution in [0.5, 0.6) is 0 Å². The third-order valence-electron chi connectivity index (χ3n) is 22.9. The maximum Gasteiger partial charge on any atom is 0.308 e. The van der Waals surface area contributed by atoms with Gasteiger partial charge in [0.1, 0.15) is 42.7 Å². The number of carbonyl (C=O) groups excluding carboxylic acids is 1. The molecule has 34 atom stereocenters.